The maximum absolute atomic E-state index is 12.3. The van der Waals surface area contributed by atoms with Crippen LogP contribution >= 0.6 is 0 Å². The molecule has 1 heterocycles. The molecule has 1 aliphatic heterocycles. The van der Waals surface area contributed by atoms with Crippen LogP contribution in [0.5, 0.6) is 0 Å². The Kier molecular flexibility index (Phi) is 5.72. The fraction of sp³-hybridized carbons (Fsp3) is 0.800. The van der Waals surface area contributed by atoms with Gasteiger partial charge < -0.3 is 24.1 Å². The highest BCUT2D eigenvalue weighted by atomic mass is 16.7. The Labute approximate surface area is 195 Å². The molecule has 33 heavy (non-hydrogen) atoms. The van der Waals surface area contributed by atoms with E-state index < -0.39 is 35.3 Å². The lowest BCUT2D eigenvalue weighted by Gasteiger charge is -2.66. The molecule has 0 radical (unpaired) electrons. The molecule has 0 aromatic rings. The number of fused-ring (bicyclic) bond motifs is 4. The molecule has 8 heteroatoms. The molecule has 0 saturated heterocycles. The molecule has 0 aromatic heterocycles. The number of carbonyl (C=O) groups excluding carboxylic acids is 3. The third-order valence-corrected chi connectivity index (χ3v) is 9.13. The number of ether oxygens (including phenoxy) is 4. The normalized spacial score (nSPS) is 45.6. The van der Waals surface area contributed by atoms with Crippen molar-refractivity contribution < 1.29 is 38.4 Å². The number of carbonyl (C=O) groups is 3. The van der Waals surface area contributed by atoms with Gasteiger partial charge in [-0.15, -0.1) is 0 Å². The number of methoxy groups -OCH3 is 1. The van der Waals surface area contributed by atoms with E-state index in [2.05, 4.69) is 6.92 Å². The van der Waals surface area contributed by atoms with Crippen molar-refractivity contribution in [3.8, 4) is 0 Å². The van der Waals surface area contributed by atoms with Crippen LogP contribution in [0.2, 0.25) is 0 Å². The van der Waals surface area contributed by atoms with Gasteiger partial charge in [0.2, 0.25) is 5.79 Å². The van der Waals surface area contributed by atoms with Gasteiger partial charge in [-0.3, -0.25) is 9.59 Å². The number of esters is 3. The number of hydrogen-bond acceptors (Lipinski definition) is 8. The molecule has 0 aromatic carbocycles. The molecular weight excluding hydrogens is 428 g/mol. The summed E-state index contributed by atoms with van der Waals surface area (Å²) < 4.78 is 23.1. The first-order chi connectivity index (χ1) is 15.3. The van der Waals surface area contributed by atoms with E-state index >= 15 is 0 Å². The highest BCUT2D eigenvalue weighted by Gasteiger charge is 2.70. The monoisotopic (exact) mass is 464 g/mol. The quantitative estimate of drug-likeness (QED) is 0.502. The lowest BCUT2D eigenvalue weighted by Crippen LogP contribution is -2.70. The number of aliphatic hydroxyl groups is 1. The zero-order valence-electron chi connectivity index (χ0n) is 20.5. The second-order valence-electron chi connectivity index (χ2n) is 11.2. The van der Waals surface area contributed by atoms with E-state index in [0.29, 0.717) is 19.3 Å². The van der Waals surface area contributed by atoms with Crippen LogP contribution in [-0.4, -0.2) is 54.2 Å². The van der Waals surface area contributed by atoms with Crippen molar-refractivity contribution in [2.24, 2.45) is 34.5 Å². The minimum absolute atomic E-state index is 0.0696. The van der Waals surface area contributed by atoms with Gasteiger partial charge in [-0.25, -0.2) is 4.79 Å². The predicted octanol–water partition coefficient (Wildman–Crippen LogP) is 2.76. The van der Waals surface area contributed by atoms with Crippen molar-refractivity contribution in [2.75, 3.05) is 7.11 Å². The van der Waals surface area contributed by atoms with Gasteiger partial charge in [0.15, 0.2) is 0 Å². The zero-order chi connectivity index (χ0) is 24.5. The topological polar surface area (TPSA) is 108 Å². The third kappa shape index (κ3) is 3.43. The van der Waals surface area contributed by atoms with Crippen molar-refractivity contribution in [3.63, 3.8) is 0 Å². The van der Waals surface area contributed by atoms with E-state index in [1.54, 1.807) is 7.11 Å². The minimum Gasteiger partial charge on any atom is -0.462 e. The molecule has 0 bridgehead atoms. The van der Waals surface area contributed by atoms with Gasteiger partial charge in [0.05, 0.1) is 6.10 Å². The van der Waals surface area contributed by atoms with Crippen molar-refractivity contribution in [3.05, 3.63) is 11.6 Å². The fourth-order valence-electron chi connectivity index (χ4n) is 7.95. The molecule has 0 unspecified atom stereocenters. The molecule has 3 saturated carbocycles. The Balaban J connectivity index is 1.84. The Bertz CT molecular complexity index is 893. The summed E-state index contributed by atoms with van der Waals surface area (Å²) in [6.07, 6.45) is 1.18. The average molecular weight is 465 g/mol. The minimum atomic E-state index is -1.14. The first-order valence-corrected chi connectivity index (χ1v) is 11.8. The van der Waals surface area contributed by atoms with Gasteiger partial charge in [-0.2, -0.15) is 0 Å². The van der Waals surface area contributed by atoms with Crippen LogP contribution in [0.1, 0.15) is 60.8 Å². The molecule has 9 atom stereocenters. The molecule has 3 aliphatic carbocycles. The average Bonchev–Trinajstić information content (AvgIpc) is 3.04. The summed E-state index contributed by atoms with van der Waals surface area (Å²) in [5.41, 5.74) is -0.229. The van der Waals surface area contributed by atoms with Gasteiger partial charge in [0.25, 0.3) is 0 Å². The number of rotatable bonds is 3. The summed E-state index contributed by atoms with van der Waals surface area (Å²) in [4.78, 5) is 36.3. The molecule has 0 amide bonds. The SMILES string of the molecule is CO[C@@]12C[C@@H]3[C@@H]([C@@H](O)[C@@H](OC(C)=O)[C@H]4C(C)(C)[C@@H](OC(C)=O)CC[C@@]34C)[C@@H](C)C1=CC(=O)O2. The largest absolute Gasteiger partial charge is 0.462 e. The number of hydrogen-bond donors (Lipinski definition) is 1. The Hall–Kier alpha value is -1.93. The van der Waals surface area contributed by atoms with E-state index in [-0.39, 0.29) is 41.2 Å². The van der Waals surface area contributed by atoms with Gasteiger partial charge in [0, 0.05) is 50.4 Å². The molecule has 4 rings (SSSR count). The van der Waals surface area contributed by atoms with Crippen LogP contribution in [0.3, 0.4) is 0 Å². The fourth-order valence-corrected chi connectivity index (χ4v) is 7.95. The van der Waals surface area contributed by atoms with Crippen molar-refractivity contribution in [1.82, 2.24) is 0 Å². The van der Waals surface area contributed by atoms with E-state index in [1.165, 1.54) is 19.9 Å². The summed E-state index contributed by atoms with van der Waals surface area (Å²) in [6, 6.07) is 0. The smallest absolute Gasteiger partial charge is 0.333 e. The van der Waals surface area contributed by atoms with E-state index in [0.717, 1.165) is 5.57 Å². The van der Waals surface area contributed by atoms with Crippen LogP contribution in [0.15, 0.2) is 11.6 Å². The highest BCUT2D eigenvalue weighted by Crippen LogP contribution is 2.67. The van der Waals surface area contributed by atoms with Crippen LogP contribution in [0, 0.1) is 34.5 Å². The molecule has 3 fully saturated rings. The maximum atomic E-state index is 12.3. The standard InChI is InChI=1S/C25H36O8/c1-12-15-10-18(28)33-25(15,30-7)11-16-19(12)20(29)21(32-14(3)27)22-23(4,5)17(31-13(2)26)8-9-24(16,22)6/h10,12,16-17,19-22,29H,8-9,11H2,1-7H3/t12-,16+,17-,19-,20+,21+,22-,24-,25+/m0/s1. The number of aliphatic hydroxyl groups excluding tert-OH is 1. The van der Waals surface area contributed by atoms with E-state index in [1.807, 2.05) is 20.8 Å². The maximum Gasteiger partial charge on any atom is 0.333 e. The summed E-state index contributed by atoms with van der Waals surface area (Å²) in [7, 11) is 1.54. The summed E-state index contributed by atoms with van der Waals surface area (Å²) in [6.45, 7) is 10.9. The first-order valence-electron chi connectivity index (χ1n) is 11.8. The summed E-state index contributed by atoms with van der Waals surface area (Å²) >= 11 is 0. The van der Waals surface area contributed by atoms with Crippen molar-refractivity contribution in [2.45, 2.75) is 84.9 Å². The van der Waals surface area contributed by atoms with Crippen molar-refractivity contribution in [1.29, 1.82) is 0 Å². The molecule has 184 valence electrons. The summed E-state index contributed by atoms with van der Waals surface area (Å²) in [5, 5.41) is 11.7. The Morgan fingerprint density at radius 3 is 2.36 bits per heavy atom. The summed E-state index contributed by atoms with van der Waals surface area (Å²) in [5.74, 6) is -3.21. The van der Waals surface area contributed by atoms with Crippen LogP contribution in [0.25, 0.3) is 0 Å². The van der Waals surface area contributed by atoms with Gasteiger partial charge in [0.1, 0.15) is 12.2 Å². The van der Waals surface area contributed by atoms with E-state index in [4.69, 9.17) is 18.9 Å². The lowest BCUT2D eigenvalue weighted by molar-refractivity contribution is -0.280. The molecular formula is C25H36O8. The van der Waals surface area contributed by atoms with Crippen molar-refractivity contribution >= 4 is 17.9 Å². The first kappa shape index (κ1) is 24.2. The molecule has 1 N–H and O–H groups in total. The second kappa shape index (κ2) is 7.80. The second-order valence-corrected chi connectivity index (χ2v) is 11.2. The van der Waals surface area contributed by atoms with Gasteiger partial charge >= 0.3 is 17.9 Å². The predicted molar refractivity (Wildman–Crippen MR) is 116 cm³/mol. The lowest BCUT2D eigenvalue weighted by atomic mass is 9.41. The van der Waals surface area contributed by atoms with E-state index in [9.17, 15) is 19.5 Å². The molecule has 0 spiro atoms. The van der Waals surface area contributed by atoms with Crippen LogP contribution < -0.4 is 0 Å². The molecule has 4 aliphatic rings. The third-order valence-electron chi connectivity index (χ3n) is 9.13. The van der Waals surface area contributed by atoms with Gasteiger partial charge in [-0.05, 0) is 36.0 Å². The van der Waals surface area contributed by atoms with Crippen LogP contribution in [0.4, 0.5) is 0 Å². The van der Waals surface area contributed by atoms with Gasteiger partial charge in [-0.1, -0.05) is 27.7 Å². The molecule has 8 nitrogen and oxygen atoms in total. The zero-order valence-corrected chi connectivity index (χ0v) is 20.5. The Morgan fingerprint density at radius 2 is 1.79 bits per heavy atom. The van der Waals surface area contributed by atoms with Crippen LogP contribution in [-0.2, 0) is 33.3 Å². The highest BCUT2D eigenvalue weighted by molar-refractivity contribution is 5.86. The Morgan fingerprint density at radius 1 is 1.15 bits per heavy atom.